The molecule has 0 radical (unpaired) electrons. The Morgan fingerprint density at radius 1 is 1.33 bits per heavy atom. The van der Waals surface area contributed by atoms with E-state index in [-0.39, 0.29) is 5.84 Å². The van der Waals surface area contributed by atoms with Crippen LogP contribution in [-0.2, 0) is 0 Å². The van der Waals surface area contributed by atoms with Crippen molar-refractivity contribution >= 4 is 11.5 Å². The van der Waals surface area contributed by atoms with Gasteiger partial charge in [-0.3, -0.25) is 10.4 Å². The minimum Gasteiger partial charge on any atom is -0.384 e. The maximum Gasteiger partial charge on any atom is 0.126 e. The van der Waals surface area contributed by atoms with E-state index in [9.17, 15) is 0 Å². The molecule has 1 saturated heterocycles. The highest BCUT2D eigenvalue weighted by molar-refractivity contribution is 6.01. The van der Waals surface area contributed by atoms with Crippen molar-refractivity contribution < 1.29 is 0 Å². The van der Waals surface area contributed by atoms with E-state index < -0.39 is 0 Å². The van der Waals surface area contributed by atoms with E-state index in [4.69, 9.17) is 11.1 Å². The smallest absolute Gasteiger partial charge is 0.126 e. The molecule has 1 aromatic heterocycles. The van der Waals surface area contributed by atoms with Crippen LogP contribution >= 0.6 is 0 Å². The highest BCUT2D eigenvalue weighted by Crippen LogP contribution is 2.31. The summed E-state index contributed by atoms with van der Waals surface area (Å²) in [5.41, 5.74) is 9.42. The predicted octanol–water partition coefficient (Wildman–Crippen LogP) is 2.07. The van der Waals surface area contributed by atoms with Gasteiger partial charge in [-0.2, -0.15) is 0 Å². The molecule has 2 rings (SSSR count). The van der Waals surface area contributed by atoms with Crippen molar-refractivity contribution in [2.24, 2.45) is 17.6 Å². The molecular weight excluding hydrogens is 224 g/mol. The van der Waals surface area contributed by atoms with Crippen molar-refractivity contribution in [1.82, 2.24) is 4.98 Å². The topological polar surface area (TPSA) is 66.0 Å². The summed E-state index contributed by atoms with van der Waals surface area (Å²) in [5.74, 6) is 1.47. The SMILES string of the molecule is Cc1cc(N2CC(C)C(C)C2)c(C(=N)N)c(C)n1. The van der Waals surface area contributed by atoms with E-state index in [1.807, 2.05) is 13.8 Å². The third kappa shape index (κ3) is 2.19. The number of pyridine rings is 1. The van der Waals surface area contributed by atoms with Gasteiger partial charge in [0.1, 0.15) is 5.84 Å². The van der Waals surface area contributed by atoms with Gasteiger partial charge in [0.25, 0.3) is 0 Å². The Bertz CT molecular complexity index is 471. The zero-order valence-corrected chi connectivity index (χ0v) is 11.6. The van der Waals surface area contributed by atoms with Gasteiger partial charge in [-0.1, -0.05) is 13.8 Å². The number of rotatable bonds is 2. The summed E-state index contributed by atoms with van der Waals surface area (Å²) in [6.07, 6.45) is 0. The molecule has 18 heavy (non-hydrogen) atoms. The van der Waals surface area contributed by atoms with Crippen LogP contribution in [0.5, 0.6) is 0 Å². The third-order valence-electron chi connectivity index (χ3n) is 3.91. The van der Waals surface area contributed by atoms with Gasteiger partial charge in [0.2, 0.25) is 0 Å². The highest BCUT2D eigenvalue weighted by atomic mass is 15.2. The van der Waals surface area contributed by atoms with Crippen molar-refractivity contribution in [3.8, 4) is 0 Å². The monoisotopic (exact) mass is 246 g/mol. The molecule has 4 heteroatoms. The maximum atomic E-state index is 7.76. The summed E-state index contributed by atoms with van der Waals surface area (Å²) in [6, 6.07) is 2.05. The molecule has 3 N–H and O–H groups in total. The van der Waals surface area contributed by atoms with Gasteiger partial charge in [0.05, 0.1) is 16.9 Å². The lowest BCUT2D eigenvalue weighted by molar-refractivity contribution is 0.494. The lowest BCUT2D eigenvalue weighted by atomic mass is 10.0. The summed E-state index contributed by atoms with van der Waals surface area (Å²) >= 11 is 0. The average Bonchev–Trinajstić information content (AvgIpc) is 2.57. The summed E-state index contributed by atoms with van der Waals surface area (Å²) in [4.78, 5) is 6.76. The molecule has 0 amide bonds. The summed E-state index contributed by atoms with van der Waals surface area (Å²) in [5, 5.41) is 7.76. The Morgan fingerprint density at radius 3 is 2.39 bits per heavy atom. The highest BCUT2D eigenvalue weighted by Gasteiger charge is 2.28. The molecular formula is C14H22N4. The molecule has 1 aromatic rings. The predicted molar refractivity (Wildman–Crippen MR) is 75.3 cm³/mol. The number of nitrogens with two attached hydrogens (primary N) is 1. The fraction of sp³-hybridized carbons (Fsp3) is 0.571. The Balaban J connectivity index is 2.47. The van der Waals surface area contributed by atoms with Crippen LogP contribution in [0, 0.1) is 31.1 Å². The normalized spacial score (nSPS) is 23.4. The Labute approximate surface area is 109 Å². The molecule has 2 heterocycles. The standard InChI is InChI=1S/C14H22N4/c1-8-6-18(7-9(8)2)12-5-10(3)17-11(4)13(12)14(15)16/h5,8-9H,6-7H2,1-4H3,(H3,15,16). The van der Waals surface area contributed by atoms with Crippen molar-refractivity contribution in [1.29, 1.82) is 5.41 Å². The first-order valence-electron chi connectivity index (χ1n) is 6.47. The van der Waals surface area contributed by atoms with Crippen LogP contribution < -0.4 is 10.6 Å². The quantitative estimate of drug-likeness (QED) is 0.620. The Hall–Kier alpha value is -1.58. The number of aromatic nitrogens is 1. The summed E-state index contributed by atoms with van der Waals surface area (Å²) in [6.45, 7) is 10.5. The first kappa shape index (κ1) is 12.9. The number of aryl methyl sites for hydroxylation is 2. The van der Waals surface area contributed by atoms with Gasteiger partial charge in [-0.15, -0.1) is 0 Å². The lowest BCUT2D eigenvalue weighted by Gasteiger charge is -2.23. The number of nitrogen functional groups attached to an aromatic ring is 1. The largest absolute Gasteiger partial charge is 0.384 e. The van der Waals surface area contributed by atoms with E-state index in [2.05, 4.69) is 29.8 Å². The van der Waals surface area contributed by atoms with Crippen LogP contribution in [0.1, 0.15) is 30.8 Å². The molecule has 4 nitrogen and oxygen atoms in total. The first-order chi connectivity index (χ1) is 8.40. The van der Waals surface area contributed by atoms with Crippen molar-refractivity contribution in [3.05, 3.63) is 23.0 Å². The molecule has 1 aliphatic heterocycles. The summed E-state index contributed by atoms with van der Waals surface area (Å²) < 4.78 is 0. The summed E-state index contributed by atoms with van der Waals surface area (Å²) in [7, 11) is 0. The zero-order valence-electron chi connectivity index (χ0n) is 11.6. The van der Waals surface area contributed by atoms with E-state index >= 15 is 0 Å². The third-order valence-corrected chi connectivity index (χ3v) is 3.91. The first-order valence-corrected chi connectivity index (χ1v) is 6.47. The van der Waals surface area contributed by atoms with E-state index in [0.29, 0.717) is 11.8 Å². The van der Waals surface area contributed by atoms with Gasteiger partial charge >= 0.3 is 0 Å². The molecule has 0 aromatic carbocycles. The van der Waals surface area contributed by atoms with Crippen molar-refractivity contribution in [2.45, 2.75) is 27.7 Å². The number of anilines is 1. The molecule has 2 atom stereocenters. The second-order valence-electron chi connectivity index (χ2n) is 5.52. The van der Waals surface area contributed by atoms with Gasteiger partial charge in [-0.05, 0) is 31.7 Å². The molecule has 0 spiro atoms. The minimum atomic E-state index is 0.113. The van der Waals surface area contributed by atoms with Gasteiger partial charge < -0.3 is 10.6 Å². The van der Waals surface area contributed by atoms with Crippen LogP contribution in [0.15, 0.2) is 6.07 Å². The van der Waals surface area contributed by atoms with Gasteiger partial charge in [0.15, 0.2) is 0 Å². The number of nitrogens with zero attached hydrogens (tertiary/aromatic N) is 2. The maximum absolute atomic E-state index is 7.76. The zero-order chi connectivity index (χ0) is 13.4. The van der Waals surface area contributed by atoms with Crippen LogP contribution in [0.2, 0.25) is 0 Å². The number of hydrogen-bond donors (Lipinski definition) is 2. The fourth-order valence-corrected chi connectivity index (χ4v) is 2.72. The molecule has 0 aliphatic carbocycles. The average molecular weight is 246 g/mol. The lowest BCUT2D eigenvalue weighted by Crippen LogP contribution is -2.25. The van der Waals surface area contributed by atoms with E-state index in [0.717, 1.165) is 35.7 Å². The number of nitrogens with one attached hydrogen (secondary N) is 1. The molecule has 1 aliphatic rings. The van der Waals surface area contributed by atoms with Crippen LogP contribution in [-0.4, -0.2) is 23.9 Å². The Kier molecular flexibility index (Phi) is 3.28. The van der Waals surface area contributed by atoms with E-state index in [1.54, 1.807) is 0 Å². The van der Waals surface area contributed by atoms with E-state index in [1.165, 1.54) is 0 Å². The minimum absolute atomic E-state index is 0.113. The van der Waals surface area contributed by atoms with Crippen LogP contribution in [0.3, 0.4) is 0 Å². The Morgan fingerprint density at radius 2 is 1.89 bits per heavy atom. The molecule has 98 valence electrons. The molecule has 1 fully saturated rings. The second-order valence-corrected chi connectivity index (χ2v) is 5.52. The van der Waals surface area contributed by atoms with Crippen molar-refractivity contribution in [3.63, 3.8) is 0 Å². The van der Waals surface area contributed by atoms with Gasteiger partial charge in [-0.25, -0.2) is 0 Å². The fourth-order valence-electron chi connectivity index (χ4n) is 2.72. The molecule has 0 bridgehead atoms. The van der Waals surface area contributed by atoms with Crippen LogP contribution in [0.25, 0.3) is 0 Å². The molecule has 0 saturated carbocycles. The number of hydrogen-bond acceptors (Lipinski definition) is 3. The van der Waals surface area contributed by atoms with Crippen LogP contribution in [0.4, 0.5) is 5.69 Å². The van der Waals surface area contributed by atoms with Crippen molar-refractivity contribution in [2.75, 3.05) is 18.0 Å². The number of amidine groups is 1. The second kappa shape index (κ2) is 4.59. The molecule has 2 unspecified atom stereocenters. The van der Waals surface area contributed by atoms with Gasteiger partial charge in [0, 0.05) is 18.8 Å².